The summed E-state index contributed by atoms with van der Waals surface area (Å²) in [5.41, 5.74) is -0.312. The van der Waals surface area contributed by atoms with E-state index in [2.05, 4.69) is 25.8 Å². The van der Waals surface area contributed by atoms with Crippen LogP contribution >= 0.6 is 11.6 Å². The molecule has 4 aromatic rings. The molecule has 0 spiro atoms. The first kappa shape index (κ1) is 22.6. The minimum Gasteiger partial charge on any atom is -0.478 e. The van der Waals surface area contributed by atoms with E-state index in [1.807, 2.05) is 0 Å². The van der Waals surface area contributed by atoms with E-state index >= 15 is 4.39 Å². The molecule has 0 fully saturated rings. The number of carboxylic acid groups (broad SMARTS) is 1. The van der Waals surface area contributed by atoms with Gasteiger partial charge in [0.2, 0.25) is 0 Å². The van der Waals surface area contributed by atoms with E-state index in [0.717, 1.165) is 0 Å². The highest BCUT2D eigenvalue weighted by Gasteiger charge is 2.50. The molecule has 0 radical (unpaired) electrons. The summed E-state index contributed by atoms with van der Waals surface area (Å²) in [6.45, 7) is 0. The van der Waals surface area contributed by atoms with Crippen LogP contribution in [0.3, 0.4) is 0 Å². The van der Waals surface area contributed by atoms with E-state index in [9.17, 15) is 14.7 Å². The van der Waals surface area contributed by atoms with E-state index in [-0.39, 0.29) is 22.5 Å². The van der Waals surface area contributed by atoms with Gasteiger partial charge in [0.1, 0.15) is 12.5 Å². The van der Waals surface area contributed by atoms with Gasteiger partial charge in [-0.25, -0.2) is 9.18 Å². The Kier molecular flexibility index (Phi) is 5.50. The summed E-state index contributed by atoms with van der Waals surface area (Å²) < 4.78 is 16.5. The lowest BCUT2D eigenvalue weighted by atomic mass is 9.98. The van der Waals surface area contributed by atoms with Crippen LogP contribution in [0, 0.1) is 0 Å². The van der Waals surface area contributed by atoms with Crippen LogP contribution in [-0.4, -0.2) is 47.3 Å². The van der Waals surface area contributed by atoms with Crippen LogP contribution in [-0.2, 0) is 10.4 Å². The van der Waals surface area contributed by atoms with Crippen LogP contribution in [0.5, 0.6) is 0 Å². The topological polar surface area (TPSA) is 143 Å². The van der Waals surface area contributed by atoms with E-state index in [1.54, 1.807) is 18.2 Å². The Morgan fingerprint density at radius 3 is 2.63 bits per heavy atom. The number of rotatable bonds is 5. The third-order valence-corrected chi connectivity index (χ3v) is 5.99. The summed E-state index contributed by atoms with van der Waals surface area (Å²) in [5, 5.41) is 34.2. The number of halogens is 2. The smallest absolute Gasteiger partial charge is 0.335 e. The average Bonchev–Trinajstić information content (AvgIpc) is 3.46. The van der Waals surface area contributed by atoms with Crippen molar-refractivity contribution in [2.75, 3.05) is 5.32 Å². The van der Waals surface area contributed by atoms with Crippen LogP contribution in [0.2, 0.25) is 5.02 Å². The van der Waals surface area contributed by atoms with Crippen LogP contribution < -0.4 is 5.32 Å². The van der Waals surface area contributed by atoms with Crippen molar-refractivity contribution in [1.29, 1.82) is 0 Å². The van der Waals surface area contributed by atoms with Crippen molar-refractivity contribution in [1.82, 2.24) is 25.2 Å². The Morgan fingerprint density at radius 2 is 1.94 bits per heavy atom. The highest BCUT2D eigenvalue weighted by molar-refractivity contribution is 6.31. The monoisotopic (exact) mass is 494 g/mol. The fourth-order valence-electron chi connectivity index (χ4n) is 4.02. The summed E-state index contributed by atoms with van der Waals surface area (Å²) in [6.07, 6.45) is 0.638. The zero-order valence-electron chi connectivity index (χ0n) is 17.8. The third-order valence-electron chi connectivity index (χ3n) is 5.75. The Balaban J connectivity index is 1.49. The number of benzene rings is 2. The number of anilines is 1. The number of carboxylic acids is 1. The number of pyridine rings is 1. The highest BCUT2D eigenvalue weighted by Crippen LogP contribution is 2.46. The number of amides is 1. The minimum absolute atomic E-state index is 0.0352. The molecule has 0 bridgehead atoms. The molecule has 35 heavy (non-hydrogen) atoms. The number of aromatic nitrogens is 5. The fourth-order valence-corrected chi connectivity index (χ4v) is 4.19. The largest absolute Gasteiger partial charge is 0.478 e. The predicted molar refractivity (Wildman–Crippen MR) is 122 cm³/mol. The van der Waals surface area contributed by atoms with Crippen molar-refractivity contribution in [2.24, 2.45) is 0 Å². The van der Waals surface area contributed by atoms with Crippen molar-refractivity contribution < 1.29 is 24.2 Å². The number of alkyl halides is 1. The summed E-state index contributed by atoms with van der Waals surface area (Å²) in [4.78, 5) is 28.2. The molecule has 12 heteroatoms. The highest BCUT2D eigenvalue weighted by atomic mass is 35.5. The summed E-state index contributed by atoms with van der Waals surface area (Å²) >= 11 is 6.18. The zero-order chi connectivity index (χ0) is 24.7. The SMILES string of the molecule is O=C(O)c1ccc(NC(=O)C2(O)C[C@H](F)c3cc(-c4cc(Cl)ccc4-n4cnnn4)cnc32)cc1. The molecule has 0 aliphatic heterocycles. The number of carbonyl (C=O) groups excluding carboxylic acids is 1. The molecule has 10 nitrogen and oxygen atoms in total. The van der Waals surface area contributed by atoms with E-state index in [1.165, 1.54) is 47.5 Å². The molecule has 2 atom stereocenters. The van der Waals surface area contributed by atoms with Gasteiger partial charge < -0.3 is 15.5 Å². The van der Waals surface area contributed by atoms with Gasteiger partial charge in [-0.05, 0) is 59.0 Å². The molecule has 1 unspecified atom stereocenters. The summed E-state index contributed by atoms with van der Waals surface area (Å²) in [5.74, 6) is -1.99. The molecule has 5 rings (SSSR count). The number of hydrogen-bond donors (Lipinski definition) is 3. The van der Waals surface area contributed by atoms with Crippen LogP contribution in [0.15, 0.2) is 61.1 Å². The first-order chi connectivity index (χ1) is 16.8. The second-order valence-corrected chi connectivity index (χ2v) is 8.38. The second kappa shape index (κ2) is 8.53. The molecule has 2 aromatic carbocycles. The Hall–Kier alpha value is -4.22. The van der Waals surface area contributed by atoms with Crippen LogP contribution in [0.25, 0.3) is 16.8 Å². The van der Waals surface area contributed by atoms with Gasteiger partial charge in [-0.3, -0.25) is 9.78 Å². The van der Waals surface area contributed by atoms with Gasteiger partial charge in [-0.1, -0.05) is 11.6 Å². The van der Waals surface area contributed by atoms with Gasteiger partial charge in [-0.15, -0.1) is 5.10 Å². The van der Waals surface area contributed by atoms with Crippen LogP contribution in [0.4, 0.5) is 10.1 Å². The normalized spacial score (nSPS) is 18.8. The lowest BCUT2D eigenvalue weighted by molar-refractivity contribution is -0.136. The van der Waals surface area contributed by atoms with E-state index < -0.39 is 30.1 Å². The lowest BCUT2D eigenvalue weighted by Gasteiger charge is -2.22. The van der Waals surface area contributed by atoms with Gasteiger partial charge in [0.05, 0.1) is 16.9 Å². The minimum atomic E-state index is -2.22. The Morgan fingerprint density at radius 1 is 1.17 bits per heavy atom. The van der Waals surface area contributed by atoms with Crippen LogP contribution in [0.1, 0.15) is 34.2 Å². The van der Waals surface area contributed by atoms with Crippen molar-refractivity contribution >= 4 is 29.2 Å². The molecule has 2 heterocycles. The molecule has 176 valence electrons. The Bertz CT molecular complexity index is 1450. The number of nitrogens with zero attached hydrogens (tertiary/aromatic N) is 5. The summed E-state index contributed by atoms with van der Waals surface area (Å²) in [7, 11) is 0. The number of hydrogen-bond acceptors (Lipinski definition) is 7. The number of aromatic carboxylic acids is 1. The Labute approximate surface area is 202 Å². The molecule has 0 saturated carbocycles. The maximum Gasteiger partial charge on any atom is 0.335 e. The lowest BCUT2D eigenvalue weighted by Crippen LogP contribution is -2.39. The summed E-state index contributed by atoms with van der Waals surface area (Å²) in [6, 6.07) is 11.9. The van der Waals surface area contributed by atoms with Gasteiger partial charge in [0.25, 0.3) is 5.91 Å². The third kappa shape index (κ3) is 4.00. The van der Waals surface area contributed by atoms with Gasteiger partial charge in [0, 0.05) is 40.0 Å². The first-order valence-corrected chi connectivity index (χ1v) is 10.7. The van der Waals surface area contributed by atoms with Crippen molar-refractivity contribution in [2.45, 2.75) is 18.2 Å². The molecular formula is C23H16ClFN6O4. The second-order valence-electron chi connectivity index (χ2n) is 7.95. The average molecular weight is 495 g/mol. The van der Waals surface area contributed by atoms with Crippen molar-refractivity contribution in [3.8, 4) is 16.8 Å². The molecule has 0 saturated heterocycles. The number of carbonyl (C=O) groups is 2. The number of tetrazole rings is 1. The number of fused-ring (bicyclic) bond motifs is 1. The van der Waals surface area contributed by atoms with E-state index in [0.29, 0.717) is 21.8 Å². The van der Waals surface area contributed by atoms with Gasteiger partial charge >= 0.3 is 5.97 Å². The van der Waals surface area contributed by atoms with Crippen molar-refractivity contribution in [3.05, 3.63) is 82.9 Å². The molecule has 1 aliphatic carbocycles. The number of nitrogens with one attached hydrogen (secondary N) is 1. The first-order valence-electron chi connectivity index (χ1n) is 10.3. The van der Waals surface area contributed by atoms with E-state index in [4.69, 9.17) is 16.7 Å². The predicted octanol–water partition coefficient (Wildman–Crippen LogP) is 3.32. The molecule has 1 aliphatic rings. The molecule has 3 N–H and O–H groups in total. The van der Waals surface area contributed by atoms with Gasteiger partial charge in [0.15, 0.2) is 5.60 Å². The molecule has 1 amide bonds. The maximum absolute atomic E-state index is 15.1. The zero-order valence-corrected chi connectivity index (χ0v) is 18.5. The molecular weight excluding hydrogens is 479 g/mol. The quantitative estimate of drug-likeness (QED) is 0.383. The number of aliphatic hydroxyl groups is 1. The molecule has 2 aromatic heterocycles. The standard InChI is InChI=1S/C23H16ClFN6O4/c24-14-3-6-19(31-11-27-29-30-31)16(8-14)13-7-17-18(25)9-23(35,20(17)26-10-13)22(34)28-15-4-1-12(2-5-15)21(32)33/h1-8,10-11,18,35H,9H2,(H,28,34)(H,32,33)/t18-,23?/m0/s1. The fraction of sp³-hybridized carbons (Fsp3) is 0.130. The van der Waals surface area contributed by atoms with Crippen molar-refractivity contribution in [3.63, 3.8) is 0 Å². The maximum atomic E-state index is 15.1. The van der Waals surface area contributed by atoms with Gasteiger partial charge in [-0.2, -0.15) is 4.68 Å².